The van der Waals surface area contributed by atoms with E-state index in [1.807, 2.05) is 25.1 Å². The molecule has 9 heteroatoms. The molecule has 2 aromatic carbocycles. The van der Waals surface area contributed by atoms with Crippen LogP contribution in [0.15, 0.2) is 54.6 Å². The maximum absolute atomic E-state index is 12.4. The Balaban J connectivity index is 1.64. The van der Waals surface area contributed by atoms with Crippen LogP contribution in [0.25, 0.3) is 17.0 Å². The maximum atomic E-state index is 12.4. The highest BCUT2D eigenvalue weighted by atomic mass is 19.4. The quantitative estimate of drug-likeness (QED) is 0.348. The molecule has 1 amide bonds. The number of benzene rings is 2. The SMILES string of the molecule is Cc1cc(NCC(C)(C)CN(C)C)nc2ccc(NC(=O)C=Cc3ccc(OC(F)(F)F)cc3)cc12. The monoisotopic (exact) mass is 500 g/mol. The van der Waals surface area contributed by atoms with Gasteiger partial charge in [-0.2, -0.15) is 0 Å². The molecular formula is C27H31F3N4O2. The minimum atomic E-state index is -4.74. The Hall–Kier alpha value is -3.59. The summed E-state index contributed by atoms with van der Waals surface area (Å²) in [5.41, 5.74) is 3.10. The molecule has 0 aliphatic heterocycles. The van der Waals surface area contributed by atoms with Gasteiger partial charge in [0.1, 0.15) is 11.6 Å². The molecule has 3 aromatic rings. The van der Waals surface area contributed by atoms with Crippen LogP contribution in [0.5, 0.6) is 5.75 Å². The topological polar surface area (TPSA) is 66.5 Å². The molecule has 3 rings (SSSR count). The smallest absolute Gasteiger partial charge is 0.406 e. The molecular weight excluding hydrogens is 469 g/mol. The number of nitrogens with zero attached hydrogens (tertiary/aromatic N) is 2. The predicted octanol–water partition coefficient (Wildman–Crippen LogP) is 6.09. The highest BCUT2D eigenvalue weighted by Crippen LogP contribution is 2.26. The first-order valence-corrected chi connectivity index (χ1v) is 11.4. The molecule has 0 saturated carbocycles. The predicted molar refractivity (Wildman–Crippen MR) is 138 cm³/mol. The van der Waals surface area contributed by atoms with E-state index in [1.54, 1.807) is 6.07 Å². The Labute approximate surface area is 209 Å². The Morgan fingerprint density at radius 2 is 1.78 bits per heavy atom. The van der Waals surface area contributed by atoms with Crippen LogP contribution in [0.1, 0.15) is 25.0 Å². The lowest BCUT2D eigenvalue weighted by atomic mass is 9.93. The summed E-state index contributed by atoms with van der Waals surface area (Å²) < 4.78 is 40.6. The first-order chi connectivity index (χ1) is 16.8. The van der Waals surface area contributed by atoms with Gasteiger partial charge < -0.3 is 20.3 Å². The standard InChI is InChI=1S/C27H31F3N4O2/c1-18-14-24(31-16-26(2,3)17-34(4)5)33-23-12-9-20(15-22(18)23)32-25(35)13-8-19-6-10-21(11-7-19)36-27(28,29)30/h6-15H,16-17H2,1-5H3,(H,31,33)(H,32,35). The third kappa shape index (κ3) is 8.27. The van der Waals surface area contributed by atoms with E-state index in [0.717, 1.165) is 35.4 Å². The van der Waals surface area contributed by atoms with Crippen molar-refractivity contribution in [2.24, 2.45) is 5.41 Å². The summed E-state index contributed by atoms with van der Waals surface area (Å²) in [5, 5.41) is 7.17. The van der Waals surface area contributed by atoms with Crippen molar-refractivity contribution in [2.45, 2.75) is 27.1 Å². The van der Waals surface area contributed by atoms with Gasteiger partial charge in [-0.1, -0.05) is 26.0 Å². The summed E-state index contributed by atoms with van der Waals surface area (Å²) >= 11 is 0. The van der Waals surface area contributed by atoms with Crippen molar-refractivity contribution in [1.82, 2.24) is 9.88 Å². The van der Waals surface area contributed by atoms with E-state index in [4.69, 9.17) is 4.98 Å². The van der Waals surface area contributed by atoms with Crippen molar-refractivity contribution in [2.75, 3.05) is 37.8 Å². The molecule has 192 valence electrons. The van der Waals surface area contributed by atoms with Gasteiger partial charge in [-0.3, -0.25) is 4.79 Å². The highest BCUT2D eigenvalue weighted by molar-refractivity contribution is 6.03. The molecule has 36 heavy (non-hydrogen) atoms. The second-order valence-corrected chi connectivity index (χ2v) is 9.75. The highest BCUT2D eigenvalue weighted by Gasteiger charge is 2.30. The van der Waals surface area contributed by atoms with Crippen molar-refractivity contribution < 1.29 is 22.7 Å². The number of hydrogen-bond donors (Lipinski definition) is 2. The number of pyridine rings is 1. The molecule has 0 bridgehead atoms. The van der Waals surface area contributed by atoms with Crippen LogP contribution in [-0.2, 0) is 4.79 Å². The molecule has 0 radical (unpaired) electrons. The molecule has 0 spiro atoms. The van der Waals surface area contributed by atoms with Gasteiger partial charge in [0.2, 0.25) is 5.91 Å². The second-order valence-electron chi connectivity index (χ2n) is 9.75. The fraction of sp³-hybridized carbons (Fsp3) is 0.333. The molecule has 0 fully saturated rings. The number of aryl methyl sites for hydroxylation is 1. The van der Waals surface area contributed by atoms with Gasteiger partial charge in [0.25, 0.3) is 0 Å². The van der Waals surface area contributed by atoms with E-state index >= 15 is 0 Å². The molecule has 1 aromatic heterocycles. The number of alkyl halides is 3. The van der Waals surface area contributed by atoms with Crippen LogP contribution in [0, 0.1) is 12.3 Å². The van der Waals surface area contributed by atoms with Crippen molar-refractivity contribution in [3.8, 4) is 5.75 Å². The van der Waals surface area contributed by atoms with Crippen LogP contribution in [0.3, 0.4) is 0 Å². The molecule has 6 nitrogen and oxygen atoms in total. The molecule has 0 aliphatic carbocycles. The van der Waals surface area contributed by atoms with Crippen LogP contribution >= 0.6 is 0 Å². The summed E-state index contributed by atoms with van der Waals surface area (Å²) in [5.74, 6) is 0.120. The molecule has 2 N–H and O–H groups in total. The van der Waals surface area contributed by atoms with E-state index < -0.39 is 6.36 Å². The largest absolute Gasteiger partial charge is 0.573 e. The van der Waals surface area contributed by atoms with E-state index in [9.17, 15) is 18.0 Å². The lowest BCUT2D eigenvalue weighted by Crippen LogP contribution is -2.34. The van der Waals surface area contributed by atoms with Crippen molar-refractivity contribution in [1.29, 1.82) is 0 Å². The lowest BCUT2D eigenvalue weighted by molar-refractivity contribution is -0.274. The second kappa shape index (κ2) is 11.0. The number of rotatable bonds is 9. The molecule has 0 atom stereocenters. The number of anilines is 2. The summed E-state index contributed by atoms with van der Waals surface area (Å²) in [4.78, 5) is 19.2. The number of carbonyl (C=O) groups excluding carboxylic acids is 1. The van der Waals surface area contributed by atoms with Gasteiger partial charge >= 0.3 is 6.36 Å². The fourth-order valence-corrected chi connectivity index (χ4v) is 3.94. The Morgan fingerprint density at radius 1 is 1.08 bits per heavy atom. The van der Waals surface area contributed by atoms with Gasteiger partial charge in [0, 0.05) is 30.2 Å². The van der Waals surface area contributed by atoms with Crippen LogP contribution in [0.2, 0.25) is 0 Å². The summed E-state index contributed by atoms with van der Waals surface area (Å²) in [6.07, 6.45) is -1.92. The number of fused-ring (bicyclic) bond motifs is 1. The lowest BCUT2D eigenvalue weighted by Gasteiger charge is -2.28. The normalized spacial score (nSPS) is 12.4. The average molecular weight is 501 g/mol. The van der Waals surface area contributed by atoms with E-state index in [-0.39, 0.29) is 17.1 Å². The number of amides is 1. The van der Waals surface area contributed by atoms with Crippen molar-refractivity contribution in [3.63, 3.8) is 0 Å². The number of carbonyl (C=O) groups is 1. The van der Waals surface area contributed by atoms with Gasteiger partial charge in [0.15, 0.2) is 0 Å². The number of aromatic nitrogens is 1. The van der Waals surface area contributed by atoms with Gasteiger partial charge in [0.05, 0.1) is 5.52 Å². The average Bonchev–Trinajstić information content (AvgIpc) is 2.76. The third-order valence-corrected chi connectivity index (χ3v) is 5.32. The summed E-state index contributed by atoms with van der Waals surface area (Å²) in [6.45, 7) is 8.13. The molecule has 1 heterocycles. The zero-order valence-electron chi connectivity index (χ0n) is 21.0. The zero-order valence-corrected chi connectivity index (χ0v) is 21.0. The van der Waals surface area contributed by atoms with Crippen molar-refractivity contribution >= 4 is 34.4 Å². The van der Waals surface area contributed by atoms with Crippen molar-refractivity contribution in [3.05, 3.63) is 65.7 Å². The van der Waals surface area contributed by atoms with Crippen LogP contribution in [0.4, 0.5) is 24.7 Å². The Kier molecular flexibility index (Phi) is 8.24. The first-order valence-electron chi connectivity index (χ1n) is 11.4. The van der Waals surface area contributed by atoms with E-state index in [2.05, 4.69) is 48.2 Å². The van der Waals surface area contributed by atoms with Crippen LogP contribution in [-0.4, -0.2) is 49.3 Å². The van der Waals surface area contributed by atoms with Gasteiger partial charge in [-0.25, -0.2) is 4.98 Å². The molecule has 0 unspecified atom stereocenters. The first kappa shape index (κ1) is 27.0. The van der Waals surface area contributed by atoms with Crippen LogP contribution < -0.4 is 15.4 Å². The summed E-state index contributed by atoms with van der Waals surface area (Å²) in [6, 6.07) is 12.7. The van der Waals surface area contributed by atoms with E-state index in [0.29, 0.717) is 11.3 Å². The molecule has 0 saturated heterocycles. The number of ether oxygens (including phenoxy) is 1. The zero-order chi connectivity index (χ0) is 26.5. The molecule has 0 aliphatic rings. The fourth-order valence-electron chi connectivity index (χ4n) is 3.94. The van der Waals surface area contributed by atoms with Gasteiger partial charge in [-0.05, 0) is 80.0 Å². The number of nitrogens with one attached hydrogen (secondary N) is 2. The Bertz CT molecular complexity index is 1240. The summed E-state index contributed by atoms with van der Waals surface area (Å²) in [7, 11) is 4.11. The Morgan fingerprint density at radius 3 is 2.42 bits per heavy atom. The third-order valence-electron chi connectivity index (χ3n) is 5.32. The van der Waals surface area contributed by atoms with Gasteiger partial charge in [-0.15, -0.1) is 13.2 Å². The number of hydrogen-bond acceptors (Lipinski definition) is 5. The minimum Gasteiger partial charge on any atom is -0.406 e. The maximum Gasteiger partial charge on any atom is 0.573 e. The van der Waals surface area contributed by atoms with E-state index in [1.165, 1.54) is 36.4 Å². The minimum absolute atomic E-state index is 0.0780. The number of halogens is 3.